The molecule has 1 aromatic carbocycles. The van der Waals surface area contributed by atoms with Crippen LogP contribution in [0.15, 0.2) is 24.3 Å². The lowest BCUT2D eigenvalue weighted by molar-refractivity contribution is 0.0332. The van der Waals surface area contributed by atoms with Crippen molar-refractivity contribution in [3.63, 3.8) is 0 Å². The number of rotatable bonds is 3. The van der Waals surface area contributed by atoms with Gasteiger partial charge in [-0.3, -0.25) is 4.90 Å². The third-order valence-electron chi connectivity index (χ3n) is 7.82. The molecule has 4 nitrogen and oxygen atoms in total. The maximum atomic E-state index is 12.6. The summed E-state index contributed by atoms with van der Waals surface area (Å²) < 4.78 is 0. The average molecular weight is 384 g/mol. The SMILES string of the molecule is CCN(CC)C(=O)N1CCC2(CCC(N3CCc4ccccc4C3)CC2)CC1. The van der Waals surface area contributed by atoms with Gasteiger partial charge in [0.25, 0.3) is 0 Å². The van der Waals surface area contributed by atoms with Crippen molar-refractivity contribution in [1.29, 1.82) is 0 Å². The van der Waals surface area contributed by atoms with Crippen LogP contribution in [0.3, 0.4) is 0 Å². The van der Waals surface area contributed by atoms with E-state index in [0.29, 0.717) is 5.41 Å². The van der Waals surface area contributed by atoms with Crippen LogP contribution in [0.25, 0.3) is 0 Å². The van der Waals surface area contributed by atoms with Gasteiger partial charge < -0.3 is 9.80 Å². The minimum absolute atomic E-state index is 0.250. The quantitative estimate of drug-likeness (QED) is 0.767. The summed E-state index contributed by atoms with van der Waals surface area (Å²) in [6, 6.07) is 9.99. The fourth-order valence-corrected chi connectivity index (χ4v) is 5.78. The molecule has 0 atom stereocenters. The third kappa shape index (κ3) is 3.94. The molecule has 0 unspecified atom stereocenters. The summed E-state index contributed by atoms with van der Waals surface area (Å²) in [5.74, 6) is 0. The summed E-state index contributed by atoms with van der Waals surface area (Å²) in [4.78, 5) is 19.4. The molecule has 1 aliphatic carbocycles. The molecule has 0 N–H and O–H groups in total. The highest BCUT2D eigenvalue weighted by Crippen LogP contribution is 2.46. The van der Waals surface area contributed by atoms with E-state index >= 15 is 0 Å². The largest absolute Gasteiger partial charge is 0.325 e. The molecule has 0 bridgehead atoms. The minimum atomic E-state index is 0.250. The van der Waals surface area contributed by atoms with E-state index in [-0.39, 0.29) is 6.03 Å². The van der Waals surface area contributed by atoms with Crippen molar-refractivity contribution in [2.45, 2.75) is 71.4 Å². The van der Waals surface area contributed by atoms with Crippen LogP contribution < -0.4 is 0 Å². The van der Waals surface area contributed by atoms with Gasteiger partial charge in [-0.2, -0.15) is 0 Å². The standard InChI is InChI=1S/C24H37N3O/c1-3-25(4-2)23(28)26-17-14-24(15-18-26)12-9-22(10-13-24)27-16-11-20-7-5-6-8-21(20)19-27/h5-8,22H,3-4,9-19H2,1-2H3. The van der Waals surface area contributed by atoms with Crippen molar-refractivity contribution in [2.75, 3.05) is 32.7 Å². The molecule has 4 rings (SSSR count). The van der Waals surface area contributed by atoms with Gasteiger partial charge in [-0.1, -0.05) is 24.3 Å². The van der Waals surface area contributed by atoms with Crippen molar-refractivity contribution < 1.29 is 4.79 Å². The molecule has 0 aromatic heterocycles. The molecule has 1 spiro atoms. The summed E-state index contributed by atoms with van der Waals surface area (Å²) in [6.45, 7) is 10.1. The highest BCUT2D eigenvalue weighted by Gasteiger charge is 2.40. The number of carbonyl (C=O) groups excluding carboxylic acids is 1. The van der Waals surface area contributed by atoms with Crippen LogP contribution in [0.4, 0.5) is 4.79 Å². The number of likely N-dealkylation sites (tertiary alicyclic amines) is 1. The number of fused-ring (bicyclic) bond motifs is 1. The Labute approximate surface area is 170 Å². The van der Waals surface area contributed by atoms with Gasteiger partial charge in [0, 0.05) is 45.3 Å². The maximum Gasteiger partial charge on any atom is 0.319 e. The summed E-state index contributed by atoms with van der Waals surface area (Å²) in [5, 5.41) is 0. The van der Waals surface area contributed by atoms with Crippen LogP contribution in [-0.2, 0) is 13.0 Å². The second kappa shape index (κ2) is 8.44. The Bertz CT molecular complexity index is 666. The van der Waals surface area contributed by atoms with Crippen LogP contribution in [-0.4, -0.2) is 59.5 Å². The van der Waals surface area contributed by atoms with E-state index in [9.17, 15) is 4.79 Å². The second-order valence-electron chi connectivity index (χ2n) is 9.16. The molecular weight excluding hydrogens is 346 g/mol. The topological polar surface area (TPSA) is 26.8 Å². The van der Waals surface area contributed by atoms with E-state index in [1.807, 2.05) is 4.90 Å². The van der Waals surface area contributed by atoms with Crippen LogP contribution in [0, 0.1) is 5.41 Å². The average Bonchev–Trinajstić information content (AvgIpc) is 2.75. The van der Waals surface area contributed by atoms with Gasteiger partial charge in [-0.25, -0.2) is 4.79 Å². The fourth-order valence-electron chi connectivity index (χ4n) is 5.78. The molecule has 3 aliphatic rings. The highest BCUT2D eigenvalue weighted by atomic mass is 16.2. The summed E-state index contributed by atoms with van der Waals surface area (Å²) in [7, 11) is 0. The smallest absolute Gasteiger partial charge is 0.319 e. The first-order chi connectivity index (χ1) is 13.6. The van der Waals surface area contributed by atoms with Gasteiger partial charge in [-0.05, 0) is 75.3 Å². The summed E-state index contributed by atoms with van der Waals surface area (Å²) in [6.07, 6.45) is 9.00. The van der Waals surface area contributed by atoms with E-state index < -0.39 is 0 Å². The van der Waals surface area contributed by atoms with Crippen LogP contribution in [0.2, 0.25) is 0 Å². The van der Waals surface area contributed by atoms with Crippen LogP contribution in [0.1, 0.15) is 63.5 Å². The van der Waals surface area contributed by atoms with Crippen molar-refractivity contribution in [2.24, 2.45) is 5.41 Å². The number of carbonyl (C=O) groups is 1. The zero-order valence-electron chi connectivity index (χ0n) is 17.8. The van der Waals surface area contributed by atoms with Gasteiger partial charge in [0.2, 0.25) is 0 Å². The highest BCUT2D eigenvalue weighted by molar-refractivity contribution is 5.74. The molecule has 4 heteroatoms. The van der Waals surface area contributed by atoms with Gasteiger partial charge in [0.05, 0.1) is 0 Å². The number of benzene rings is 1. The number of piperidine rings is 1. The third-order valence-corrected chi connectivity index (χ3v) is 7.82. The Morgan fingerprint density at radius 2 is 1.64 bits per heavy atom. The monoisotopic (exact) mass is 383 g/mol. The first kappa shape index (κ1) is 19.8. The number of hydrogen-bond donors (Lipinski definition) is 0. The minimum Gasteiger partial charge on any atom is -0.325 e. The molecule has 28 heavy (non-hydrogen) atoms. The Morgan fingerprint density at radius 3 is 2.29 bits per heavy atom. The van der Waals surface area contributed by atoms with Crippen LogP contribution in [0.5, 0.6) is 0 Å². The Morgan fingerprint density at radius 1 is 1.00 bits per heavy atom. The van der Waals surface area contributed by atoms with Crippen molar-refractivity contribution >= 4 is 6.03 Å². The fraction of sp³-hybridized carbons (Fsp3) is 0.708. The van der Waals surface area contributed by atoms with Gasteiger partial charge in [-0.15, -0.1) is 0 Å². The lowest BCUT2D eigenvalue weighted by Crippen LogP contribution is -2.50. The summed E-state index contributed by atoms with van der Waals surface area (Å²) in [5.41, 5.74) is 3.60. The number of hydrogen-bond acceptors (Lipinski definition) is 2. The van der Waals surface area contributed by atoms with E-state index in [2.05, 4.69) is 47.9 Å². The molecule has 1 saturated heterocycles. The van der Waals surface area contributed by atoms with Gasteiger partial charge in [0.15, 0.2) is 0 Å². The Balaban J connectivity index is 1.29. The number of amides is 2. The van der Waals surface area contributed by atoms with E-state index in [4.69, 9.17) is 0 Å². The zero-order chi connectivity index (χ0) is 19.6. The first-order valence-corrected chi connectivity index (χ1v) is 11.5. The normalized spacial score (nSPS) is 22.9. The molecule has 2 amide bonds. The van der Waals surface area contributed by atoms with Gasteiger partial charge >= 0.3 is 6.03 Å². The predicted octanol–water partition coefficient (Wildman–Crippen LogP) is 4.53. The Hall–Kier alpha value is -1.55. The van der Waals surface area contributed by atoms with Crippen molar-refractivity contribution in [1.82, 2.24) is 14.7 Å². The number of nitrogens with zero attached hydrogens (tertiary/aromatic N) is 3. The van der Waals surface area contributed by atoms with Crippen molar-refractivity contribution in [3.05, 3.63) is 35.4 Å². The number of urea groups is 1. The predicted molar refractivity (Wildman–Crippen MR) is 114 cm³/mol. The molecular formula is C24H37N3O. The second-order valence-corrected chi connectivity index (χ2v) is 9.16. The molecule has 2 aliphatic heterocycles. The zero-order valence-corrected chi connectivity index (χ0v) is 17.8. The first-order valence-electron chi connectivity index (χ1n) is 11.5. The van der Waals surface area contributed by atoms with Crippen LogP contribution >= 0.6 is 0 Å². The lowest BCUT2D eigenvalue weighted by Gasteiger charge is -2.48. The van der Waals surface area contributed by atoms with Gasteiger partial charge in [0.1, 0.15) is 0 Å². The summed E-state index contributed by atoms with van der Waals surface area (Å²) >= 11 is 0. The van der Waals surface area contributed by atoms with E-state index in [1.165, 1.54) is 57.1 Å². The molecule has 2 heterocycles. The lowest BCUT2D eigenvalue weighted by atomic mass is 9.66. The Kier molecular flexibility index (Phi) is 5.96. The molecule has 1 saturated carbocycles. The maximum absolute atomic E-state index is 12.6. The molecule has 154 valence electrons. The van der Waals surface area contributed by atoms with E-state index in [1.54, 1.807) is 5.56 Å². The van der Waals surface area contributed by atoms with Crippen molar-refractivity contribution in [3.8, 4) is 0 Å². The molecule has 1 aromatic rings. The van der Waals surface area contributed by atoms with E-state index in [0.717, 1.165) is 38.8 Å². The molecule has 0 radical (unpaired) electrons. The molecule has 2 fully saturated rings.